The fourth-order valence-corrected chi connectivity index (χ4v) is 2.36. The van der Waals surface area contributed by atoms with Gasteiger partial charge in [-0.3, -0.25) is 9.78 Å². The molecule has 0 aliphatic heterocycles. The van der Waals surface area contributed by atoms with Crippen molar-refractivity contribution in [2.24, 2.45) is 0 Å². The summed E-state index contributed by atoms with van der Waals surface area (Å²) in [5, 5.41) is 4.96. The Hall–Kier alpha value is -2.17. The van der Waals surface area contributed by atoms with E-state index in [-0.39, 0.29) is 5.91 Å². The molecule has 0 atom stereocenters. The van der Waals surface area contributed by atoms with Crippen molar-refractivity contribution in [3.05, 3.63) is 64.7 Å². The number of nitrogens with zero attached hydrogens (tertiary/aromatic N) is 2. The Bertz CT molecular complexity index is 836. The van der Waals surface area contributed by atoms with Crippen LogP contribution in [0.4, 0.5) is 5.69 Å². The number of carbonyl (C=O) groups is 1. The number of benzene rings is 1. The number of amides is 1. The average Bonchev–Trinajstić information content (AvgIpc) is 2.50. The number of hydrogen-bond acceptors (Lipinski definition) is 3. The van der Waals surface area contributed by atoms with E-state index in [2.05, 4.69) is 15.3 Å². The van der Waals surface area contributed by atoms with Gasteiger partial charge in [0.2, 0.25) is 0 Å². The monoisotopic (exact) mass is 317 g/mol. The number of carbonyl (C=O) groups excluding carboxylic acids is 1. The number of pyridine rings is 2. The van der Waals surface area contributed by atoms with Crippen LogP contribution in [0.2, 0.25) is 10.2 Å². The van der Waals surface area contributed by atoms with E-state index in [0.29, 0.717) is 21.4 Å². The molecule has 0 fully saturated rings. The first-order valence-corrected chi connectivity index (χ1v) is 6.86. The van der Waals surface area contributed by atoms with Crippen molar-refractivity contribution in [1.82, 2.24) is 9.97 Å². The van der Waals surface area contributed by atoms with Crippen LogP contribution in [0.15, 0.2) is 48.9 Å². The summed E-state index contributed by atoms with van der Waals surface area (Å²) in [5.41, 5.74) is 0.873. The average molecular weight is 318 g/mol. The molecule has 0 saturated heterocycles. The van der Waals surface area contributed by atoms with Crippen molar-refractivity contribution >= 4 is 45.6 Å². The summed E-state index contributed by atoms with van der Waals surface area (Å²) in [6.07, 6.45) is 4.49. The van der Waals surface area contributed by atoms with Crippen molar-refractivity contribution in [1.29, 1.82) is 0 Å². The molecule has 0 spiro atoms. The second kappa shape index (κ2) is 5.68. The molecule has 3 aromatic rings. The summed E-state index contributed by atoms with van der Waals surface area (Å²) in [7, 11) is 0. The maximum Gasteiger partial charge on any atom is 0.257 e. The van der Waals surface area contributed by atoms with Gasteiger partial charge in [-0.05, 0) is 11.5 Å². The predicted molar refractivity (Wildman–Crippen MR) is 84.0 cm³/mol. The molecule has 1 N–H and O–H groups in total. The zero-order valence-corrected chi connectivity index (χ0v) is 12.2. The Morgan fingerprint density at radius 3 is 2.57 bits per heavy atom. The summed E-state index contributed by atoms with van der Waals surface area (Å²) in [6.45, 7) is 0. The first-order chi connectivity index (χ1) is 10.2. The molecule has 4 nitrogen and oxygen atoms in total. The van der Waals surface area contributed by atoms with Crippen LogP contribution in [0, 0.1) is 0 Å². The van der Waals surface area contributed by atoms with Crippen LogP contribution in [-0.4, -0.2) is 15.9 Å². The Labute approximate surface area is 130 Å². The number of anilines is 1. The predicted octanol–water partition coefficient (Wildman–Crippen LogP) is 4.19. The van der Waals surface area contributed by atoms with Crippen molar-refractivity contribution in [3.63, 3.8) is 0 Å². The van der Waals surface area contributed by atoms with E-state index in [1.165, 1.54) is 12.4 Å². The maximum atomic E-state index is 12.4. The van der Waals surface area contributed by atoms with Crippen molar-refractivity contribution < 1.29 is 4.79 Å². The molecule has 104 valence electrons. The SMILES string of the molecule is O=C(Nc1cnccc1Cl)c1cnc(Cl)c2ccccc12. The van der Waals surface area contributed by atoms with E-state index in [1.54, 1.807) is 12.3 Å². The molecule has 0 bridgehead atoms. The normalized spacial score (nSPS) is 10.6. The molecule has 2 aromatic heterocycles. The number of halogens is 2. The lowest BCUT2D eigenvalue weighted by atomic mass is 10.1. The third-order valence-corrected chi connectivity index (χ3v) is 3.64. The quantitative estimate of drug-likeness (QED) is 0.721. The molecular weight excluding hydrogens is 309 g/mol. The Morgan fingerprint density at radius 2 is 1.81 bits per heavy atom. The molecule has 0 unspecified atom stereocenters. The number of rotatable bonds is 2. The molecule has 0 saturated carbocycles. The second-order valence-corrected chi connectivity index (χ2v) is 5.08. The van der Waals surface area contributed by atoms with Gasteiger partial charge in [-0.15, -0.1) is 0 Å². The highest BCUT2D eigenvalue weighted by molar-refractivity contribution is 6.35. The lowest BCUT2D eigenvalue weighted by Gasteiger charge is -2.09. The number of nitrogens with one attached hydrogen (secondary N) is 1. The minimum absolute atomic E-state index is 0.315. The van der Waals surface area contributed by atoms with E-state index in [4.69, 9.17) is 23.2 Å². The fourth-order valence-electron chi connectivity index (χ4n) is 2.00. The van der Waals surface area contributed by atoms with Crippen LogP contribution in [0.25, 0.3) is 10.8 Å². The minimum Gasteiger partial charge on any atom is -0.319 e. The van der Waals surface area contributed by atoms with Gasteiger partial charge >= 0.3 is 0 Å². The summed E-state index contributed by atoms with van der Waals surface area (Å²) in [5.74, 6) is -0.315. The zero-order chi connectivity index (χ0) is 14.8. The van der Waals surface area contributed by atoms with Crippen molar-refractivity contribution in [2.75, 3.05) is 5.32 Å². The molecule has 6 heteroatoms. The van der Waals surface area contributed by atoms with Crippen LogP contribution in [-0.2, 0) is 0 Å². The standard InChI is InChI=1S/C15H9Cl2N3O/c16-12-5-6-18-8-13(12)20-15(21)11-7-19-14(17)10-4-2-1-3-9(10)11/h1-8H,(H,20,21). The first-order valence-electron chi connectivity index (χ1n) is 6.11. The van der Waals surface area contributed by atoms with Crippen LogP contribution in [0.1, 0.15) is 10.4 Å². The Balaban J connectivity index is 2.03. The molecule has 21 heavy (non-hydrogen) atoms. The van der Waals surface area contributed by atoms with Crippen molar-refractivity contribution in [2.45, 2.75) is 0 Å². The van der Waals surface area contributed by atoms with Gasteiger partial charge in [-0.25, -0.2) is 4.98 Å². The van der Waals surface area contributed by atoms with Gasteiger partial charge in [-0.1, -0.05) is 47.5 Å². The van der Waals surface area contributed by atoms with Crippen LogP contribution < -0.4 is 5.32 Å². The number of hydrogen-bond donors (Lipinski definition) is 1. The summed E-state index contributed by atoms with van der Waals surface area (Å²) in [4.78, 5) is 20.4. The molecular formula is C15H9Cl2N3O. The Kier molecular flexibility index (Phi) is 3.73. The maximum absolute atomic E-state index is 12.4. The third-order valence-electron chi connectivity index (χ3n) is 3.01. The van der Waals surface area contributed by atoms with E-state index in [9.17, 15) is 4.79 Å². The van der Waals surface area contributed by atoms with Gasteiger partial charge in [0, 0.05) is 17.8 Å². The minimum atomic E-state index is -0.315. The summed E-state index contributed by atoms with van der Waals surface area (Å²) in [6, 6.07) is 8.93. The number of aromatic nitrogens is 2. The topological polar surface area (TPSA) is 54.9 Å². The van der Waals surface area contributed by atoms with Crippen molar-refractivity contribution in [3.8, 4) is 0 Å². The summed E-state index contributed by atoms with van der Waals surface area (Å²) < 4.78 is 0. The third kappa shape index (κ3) is 2.68. The van der Waals surface area contributed by atoms with Gasteiger partial charge in [0.25, 0.3) is 5.91 Å². The lowest BCUT2D eigenvalue weighted by Crippen LogP contribution is -2.13. The van der Waals surface area contributed by atoms with Gasteiger partial charge in [-0.2, -0.15) is 0 Å². The van der Waals surface area contributed by atoms with E-state index >= 15 is 0 Å². The van der Waals surface area contributed by atoms with E-state index in [1.807, 2.05) is 24.3 Å². The Morgan fingerprint density at radius 1 is 1.05 bits per heavy atom. The molecule has 1 amide bonds. The molecule has 2 heterocycles. The molecule has 0 aliphatic rings. The zero-order valence-electron chi connectivity index (χ0n) is 10.7. The van der Waals surface area contributed by atoms with Gasteiger partial charge in [0.05, 0.1) is 22.5 Å². The van der Waals surface area contributed by atoms with Gasteiger partial charge in [0.1, 0.15) is 5.15 Å². The summed E-state index contributed by atoms with van der Waals surface area (Å²) >= 11 is 12.1. The van der Waals surface area contributed by atoms with Crippen LogP contribution in [0.3, 0.4) is 0 Å². The van der Waals surface area contributed by atoms with Gasteiger partial charge < -0.3 is 5.32 Å². The van der Waals surface area contributed by atoms with E-state index < -0.39 is 0 Å². The second-order valence-electron chi connectivity index (χ2n) is 4.32. The van der Waals surface area contributed by atoms with Crippen LogP contribution in [0.5, 0.6) is 0 Å². The van der Waals surface area contributed by atoms with Crippen LogP contribution >= 0.6 is 23.2 Å². The molecule has 0 radical (unpaired) electrons. The number of fused-ring (bicyclic) bond motifs is 1. The lowest BCUT2D eigenvalue weighted by molar-refractivity contribution is 0.102. The molecule has 3 rings (SSSR count). The molecule has 0 aliphatic carbocycles. The fraction of sp³-hybridized carbons (Fsp3) is 0. The smallest absolute Gasteiger partial charge is 0.257 e. The highest BCUT2D eigenvalue weighted by Crippen LogP contribution is 2.26. The molecule has 1 aromatic carbocycles. The first kappa shape index (κ1) is 13.8. The largest absolute Gasteiger partial charge is 0.319 e. The highest BCUT2D eigenvalue weighted by atomic mass is 35.5. The van der Waals surface area contributed by atoms with Gasteiger partial charge in [0.15, 0.2) is 0 Å². The van der Waals surface area contributed by atoms with E-state index in [0.717, 1.165) is 10.8 Å². The highest BCUT2D eigenvalue weighted by Gasteiger charge is 2.14.